The van der Waals surface area contributed by atoms with Crippen LogP contribution in [0.25, 0.3) is 0 Å². The molecule has 1 unspecified atom stereocenters. The summed E-state index contributed by atoms with van der Waals surface area (Å²) in [4.78, 5) is 4.41. The van der Waals surface area contributed by atoms with E-state index in [2.05, 4.69) is 15.6 Å². The highest BCUT2D eigenvalue weighted by atomic mass is 35.6. The predicted octanol–water partition coefficient (Wildman–Crippen LogP) is 5.07. The summed E-state index contributed by atoms with van der Waals surface area (Å²) >= 11 is 23.5. The van der Waals surface area contributed by atoms with Crippen molar-refractivity contribution in [2.24, 2.45) is 4.99 Å². The summed E-state index contributed by atoms with van der Waals surface area (Å²) in [5.74, 6) is 0.330. The third-order valence-corrected chi connectivity index (χ3v) is 4.19. The molecule has 0 aromatic heterocycles. The van der Waals surface area contributed by atoms with Crippen molar-refractivity contribution in [3.05, 3.63) is 65.7 Å². The topological polar surface area (TPSA) is 45.6 Å². The van der Waals surface area contributed by atoms with Crippen molar-refractivity contribution in [3.8, 4) is 0 Å². The summed E-state index contributed by atoms with van der Waals surface area (Å²) in [6.07, 6.45) is -0.951. The molecule has 0 spiro atoms. The Hall–Kier alpha value is -1.53. The number of aliphatic imine (C=N–C) groups is 1. The van der Waals surface area contributed by atoms with Gasteiger partial charge in [0.05, 0.1) is 7.11 Å². The van der Waals surface area contributed by atoms with E-state index < -0.39 is 9.96 Å². The van der Waals surface area contributed by atoms with Gasteiger partial charge in [-0.15, -0.1) is 0 Å². The molecule has 2 aromatic rings. The quantitative estimate of drug-likeness (QED) is 0.308. The molecule has 0 saturated heterocycles. The molecule has 0 amide bonds. The van der Waals surface area contributed by atoms with Crippen molar-refractivity contribution in [3.63, 3.8) is 0 Å². The highest BCUT2D eigenvalue weighted by Crippen LogP contribution is 2.31. The molecule has 0 fully saturated rings. The number of anilines is 1. The minimum Gasteiger partial charge on any atom is -0.481 e. The number of para-hydroxylation sites is 1. The Morgan fingerprint density at radius 2 is 1.69 bits per heavy atom. The summed E-state index contributed by atoms with van der Waals surface area (Å²) < 4.78 is 3.63. The van der Waals surface area contributed by atoms with E-state index in [1.165, 1.54) is 7.11 Å². The van der Waals surface area contributed by atoms with Gasteiger partial charge in [0.25, 0.3) is 0 Å². The Bertz CT molecular complexity index is 762. The second kappa shape index (κ2) is 9.42. The normalized spacial score (nSPS) is 13.0. The van der Waals surface area contributed by atoms with Crippen molar-refractivity contribution in [2.45, 2.75) is 16.9 Å². The smallest absolute Gasteiger partial charge is 0.230 e. The number of rotatable bonds is 4. The number of ether oxygens (including phenoxy) is 1. The molecule has 0 bridgehead atoms. The summed E-state index contributed by atoms with van der Waals surface area (Å²) in [7, 11) is 1.51. The van der Waals surface area contributed by atoms with E-state index in [0.717, 1.165) is 16.8 Å². The van der Waals surface area contributed by atoms with E-state index in [4.69, 9.17) is 51.8 Å². The molecule has 1 atom stereocenters. The van der Waals surface area contributed by atoms with Gasteiger partial charge in [0.15, 0.2) is 11.3 Å². The summed E-state index contributed by atoms with van der Waals surface area (Å²) in [5, 5.41) is 6.20. The third-order valence-electron chi connectivity index (χ3n) is 3.35. The first kappa shape index (κ1) is 20.8. The van der Waals surface area contributed by atoms with Crippen molar-refractivity contribution < 1.29 is 4.74 Å². The molecular weight excluding hydrogens is 413 g/mol. The number of halogens is 3. The van der Waals surface area contributed by atoms with Gasteiger partial charge < -0.3 is 15.4 Å². The van der Waals surface area contributed by atoms with Crippen LogP contribution in [0.15, 0.2) is 59.6 Å². The Morgan fingerprint density at radius 1 is 1.08 bits per heavy atom. The standard InChI is InChI=1S/C18H18Cl3N3OS/c1-12-8-10-13(11-9-12)15(25-2)23-16(18(19,20)21)24-17(26)22-14-6-4-3-5-7-14/h3-11,16H,1-2H3,(H2,22,24,26). The average Bonchev–Trinajstić information content (AvgIpc) is 2.59. The van der Waals surface area contributed by atoms with Crippen LogP contribution in [0.4, 0.5) is 5.69 Å². The van der Waals surface area contributed by atoms with Crippen LogP contribution < -0.4 is 10.6 Å². The largest absolute Gasteiger partial charge is 0.481 e. The molecule has 8 heteroatoms. The zero-order chi connectivity index (χ0) is 19.2. The average molecular weight is 431 g/mol. The number of thiocarbonyl (C=S) groups is 1. The lowest BCUT2D eigenvalue weighted by Crippen LogP contribution is -2.45. The molecular formula is C18H18Cl3N3OS. The summed E-state index contributed by atoms with van der Waals surface area (Å²) in [5.41, 5.74) is 2.69. The van der Waals surface area contributed by atoms with E-state index in [0.29, 0.717) is 5.90 Å². The Kier molecular flexibility index (Phi) is 7.53. The number of hydrogen-bond acceptors (Lipinski definition) is 3. The highest BCUT2D eigenvalue weighted by molar-refractivity contribution is 7.80. The van der Waals surface area contributed by atoms with Gasteiger partial charge in [-0.25, -0.2) is 4.99 Å². The van der Waals surface area contributed by atoms with Crippen molar-refractivity contribution in [1.29, 1.82) is 0 Å². The van der Waals surface area contributed by atoms with E-state index >= 15 is 0 Å². The third kappa shape index (κ3) is 6.32. The number of hydrogen-bond donors (Lipinski definition) is 2. The van der Waals surface area contributed by atoms with Crippen LogP contribution in [0.5, 0.6) is 0 Å². The summed E-state index contributed by atoms with van der Waals surface area (Å²) in [6.45, 7) is 1.99. The second-order valence-electron chi connectivity index (χ2n) is 5.41. The fourth-order valence-electron chi connectivity index (χ4n) is 2.06. The first-order valence-corrected chi connectivity index (χ1v) is 9.22. The first-order valence-electron chi connectivity index (χ1n) is 7.67. The number of methoxy groups -OCH3 is 1. The van der Waals surface area contributed by atoms with Crippen molar-refractivity contribution in [1.82, 2.24) is 5.32 Å². The van der Waals surface area contributed by atoms with E-state index in [1.807, 2.05) is 61.5 Å². The molecule has 2 aromatic carbocycles. The molecule has 0 aliphatic heterocycles. The van der Waals surface area contributed by atoms with Crippen LogP contribution in [0.2, 0.25) is 0 Å². The van der Waals surface area contributed by atoms with Crippen LogP contribution >= 0.6 is 47.0 Å². The lowest BCUT2D eigenvalue weighted by atomic mass is 10.1. The maximum Gasteiger partial charge on any atom is 0.230 e. The lowest BCUT2D eigenvalue weighted by Gasteiger charge is -2.24. The zero-order valence-corrected chi connectivity index (χ0v) is 17.3. The number of nitrogens with zero attached hydrogens (tertiary/aromatic N) is 1. The molecule has 2 N–H and O–H groups in total. The molecule has 0 saturated carbocycles. The minimum absolute atomic E-state index is 0.274. The van der Waals surface area contributed by atoms with Gasteiger partial charge in [-0.05, 0) is 43.4 Å². The molecule has 2 rings (SSSR count). The fraction of sp³-hybridized carbons (Fsp3) is 0.222. The number of nitrogens with one attached hydrogen (secondary N) is 2. The Labute approximate surface area is 173 Å². The second-order valence-corrected chi connectivity index (χ2v) is 8.19. The molecule has 0 aliphatic carbocycles. The van der Waals surface area contributed by atoms with Crippen LogP contribution in [0, 0.1) is 6.92 Å². The van der Waals surface area contributed by atoms with E-state index in [1.54, 1.807) is 0 Å². The van der Waals surface area contributed by atoms with Gasteiger partial charge in [-0.3, -0.25) is 0 Å². The van der Waals surface area contributed by atoms with Crippen LogP contribution in [-0.4, -0.2) is 28.1 Å². The molecule has 26 heavy (non-hydrogen) atoms. The lowest BCUT2D eigenvalue weighted by molar-refractivity contribution is 0.397. The number of alkyl halides is 3. The molecule has 0 heterocycles. The Balaban J connectivity index is 2.20. The minimum atomic E-state index is -1.74. The molecule has 138 valence electrons. The van der Waals surface area contributed by atoms with Crippen LogP contribution in [0.3, 0.4) is 0 Å². The van der Waals surface area contributed by atoms with Crippen LogP contribution in [0.1, 0.15) is 11.1 Å². The Morgan fingerprint density at radius 3 is 2.23 bits per heavy atom. The molecule has 0 radical (unpaired) electrons. The van der Waals surface area contributed by atoms with Gasteiger partial charge in [0.1, 0.15) is 0 Å². The zero-order valence-electron chi connectivity index (χ0n) is 14.2. The molecule has 0 aliphatic rings. The highest BCUT2D eigenvalue weighted by Gasteiger charge is 2.34. The van der Waals surface area contributed by atoms with Gasteiger partial charge in [0.2, 0.25) is 9.69 Å². The monoisotopic (exact) mass is 429 g/mol. The van der Waals surface area contributed by atoms with E-state index in [-0.39, 0.29) is 5.11 Å². The van der Waals surface area contributed by atoms with Crippen molar-refractivity contribution in [2.75, 3.05) is 12.4 Å². The van der Waals surface area contributed by atoms with Crippen molar-refractivity contribution >= 4 is 63.7 Å². The maximum absolute atomic E-state index is 6.08. The van der Waals surface area contributed by atoms with E-state index in [9.17, 15) is 0 Å². The van der Waals surface area contributed by atoms with Gasteiger partial charge in [0, 0.05) is 11.3 Å². The maximum atomic E-state index is 6.08. The number of aryl methyl sites for hydroxylation is 1. The van der Waals surface area contributed by atoms with Gasteiger partial charge >= 0.3 is 0 Å². The number of benzene rings is 2. The van der Waals surface area contributed by atoms with Crippen LogP contribution in [-0.2, 0) is 4.74 Å². The summed E-state index contributed by atoms with van der Waals surface area (Å²) in [6, 6.07) is 17.1. The SMILES string of the molecule is COC(=NC(NC(=S)Nc1ccccc1)C(Cl)(Cl)Cl)c1ccc(C)cc1. The fourth-order valence-corrected chi connectivity index (χ4v) is 2.60. The predicted molar refractivity (Wildman–Crippen MR) is 115 cm³/mol. The first-order chi connectivity index (χ1) is 12.3. The van der Waals surface area contributed by atoms with Gasteiger partial charge in [-0.1, -0.05) is 70.7 Å². The molecule has 4 nitrogen and oxygen atoms in total. The van der Waals surface area contributed by atoms with Gasteiger partial charge in [-0.2, -0.15) is 0 Å².